The summed E-state index contributed by atoms with van der Waals surface area (Å²) in [6.45, 7) is 0.817. The van der Waals surface area contributed by atoms with Crippen LogP contribution in [0.5, 0.6) is 28.7 Å². The third-order valence-electron chi connectivity index (χ3n) is 5.88. The molecule has 0 bridgehead atoms. The fourth-order valence-electron chi connectivity index (χ4n) is 4.53. The minimum atomic E-state index is -0.604. The van der Waals surface area contributed by atoms with E-state index in [1.165, 1.54) is 14.2 Å². The molecule has 5 rings (SSSR count). The van der Waals surface area contributed by atoms with Gasteiger partial charge >= 0.3 is 5.97 Å². The number of benzene rings is 2. The normalized spacial score (nSPS) is 22.1. The minimum Gasteiger partial charge on any atom is -0.504 e. The van der Waals surface area contributed by atoms with Gasteiger partial charge in [0.1, 0.15) is 11.7 Å². The van der Waals surface area contributed by atoms with Crippen LogP contribution in [0.25, 0.3) is 0 Å². The number of esters is 1. The maximum Gasteiger partial charge on any atom is 0.343 e. The molecule has 3 heterocycles. The molecule has 0 aliphatic carbocycles. The highest BCUT2D eigenvalue weighted by molar-refractivity contribution is 5.98. The number of aromatic hydroxyl groups is 1. The summed E-state index contributed by atoms with van der Waals surface area (Å²) in [5.74, 6) is 1.26. The van der Waals surface area contributed by atoms with Crippen molar-refractivity contribution in [2.45, 2.75) is 18.6 Å². The van der Waals surface area contributed by atoms with Crippen molar-refractivity contribution in [1.82, 2.24) is 4.90 Å². The Hall–Kier alpha value is -3.13. The van der Waals surface area contributed by atoms with Crippen molar-refractivity contribution in [2.24, 2.45) is 0 Å². The third-order valence-corrected chi connectivity index (χ3v) is 5.88. The molecule has 152 valence electrons. The number of methoxy groups -OCH3 is 2. The van der Waals surface area contributed by atoms with Gasteiger partial charge in [0.25, 0.3) is 0 Å². The van der Waals surface area contributed by atoms with E-state index in [1.807, 2.05) is 19.2 Å². The second-order valence-electron chi connectivity index (χ2n) is 7.30. The van der Waals surface area contributed by atoms with Gasteiger partial charge in [-0.25, -0.2) is 4.79 Å². The van der Waals surface area contributed by atoms with Gasteiger partial charge in [0.05, 0.1) is 20.3 Å². The van der Waals surface area contributed by atoms with Crippen molar-refractivity contribution in [3.63, 3.8) is 0 Å². The maximum atomic E-state index is 12.8. The molecule has 0 fully saturated rings. The predicted octanol–water partition coefficient (Wildman–Crippen LogP) is 2.58. The number of phenolic OH excluding ortho intramolecular Hbond substituents is 1. The first-order valence-electron chi connectivity index (χ1n) is 9.35. The standard InChI is InChI=1S/C21H21NO7/c1-22-7-6-10-8-13-20(28-9-27-13)17(23)14(10)16(22)18-11-4-5-12(25-2)19(26-3)15(11)21(24)29-18/h4-5,8,16,18,23H,6-7,9H2,1-3H3. The molecule has 2 aromatic carbocycles. The van der Waals surface area contributed by atoms with Crippen LogP contribution < -0.4 is 18.9 Å². The van der Waals surface area contributed by atoms with Gasteiger partial charge in [-0.1, -0.05) is 6.07 Å². The fraction of sp³-hybridized carbons (Fsp3) is 0.381. The molecule has 29 heavy (non-hydrogen) atoms. The number of ether oxygens (including phenoxy) is 5. The highest BCUT2D eigenvalue weighted by Crippen LogP contribution is 2.54. The summed E-state index contributed by atoms with van der Waals surface area (Å²) < 4.78 is 27.5. The number of nitrogens with zero attached hydrogens (tertiary/aromatic N) is 1. The van der Waals surface area contributed by atoms with E-state index in [9.17, 15) is 9.90 Å². The second kappa shape index (κ2) is 6.45. The molecule has 2 atom stereocenters. The van der Waals surface area contributed by atoms with Crippen molar-refractivity contribution in [3.05, 3.63) is 40.5 Å². The van der Waals surface area contributed by atoms with Crippen LogP contribution in [0.4, 0.5) is 0 Å². The summed E-state index contributed by atoms with van der Waals surface area (Å²) in [6, 6.07) is 5.11. The zero-order valence-corrected chi connectivity index (χ0v) is 16.4. The lowest BCUT2D eigenvalue weighted by atomic mass is 9.85. The van der Waals surface area contributed by atoms with Crippen molar-refractivity contribution in [2.75, 3.05) is 34.6 Å². The number of hydrogen-bond donors (Lipinski definition) is 1. The Labute approximate surface area is 167 Å². The van der Waals surface area contributed by atoms with Crippen LogP contribution in [0, 0.1) is 0 Å². The molecule has 0 radical (unpaired) electrons. The lowest BCUT2D eigenvalue weighted by Gasteiger charge is -2.38. The Kier molecular flexibility index (Phi) is 3.99. The van der Waals surface area contributed by atoms with Crippen LogP contribution in [0.2, 0.25) is 0 Å². The highest BCUT2D eigenvalue weighted by atomic mass is 16.7. The number of carbonyl (C=O) groups excluding carboxylic acids is 1. The first kappa shape index (κ1) is 17.9. The molecule has 0 aromatic heterocycles. The second-order valence-corrected chi connectivity index (χ2v) is 7.30. The van der Waals surface area contributed by atoms with Gasteiger partial charge in [-0.2, -0.15) is 0 Å². The Morgan fingerprint density at radius 1 is 1.21 bits per heavy atom. The number of fused-ring (bicyclic) bond motifs is 3. The first-order valence-corrected chi connectivity index (χ1v) is 9.35. The topological polar surface area (TPSA) is 86.7 Å². The number of carbonyl (C=O) groups is 1. The smallest absolute Gasteiger partial charge is 0.343 e. The molecule has 8 heteroatoms. The summed E-state index contributed by atoms with van der Waals surface area (Å²) in [7, 11) is 4.96. The predicted molar refractivity (Wildman–Crippen MR) is 101 cm³/mol. The van der Waals surface area contributed by atoms with Gasteiger partial charge in [0.15, 0.2) is 23.0 Å². The zero-order valence-electron chi connectivity index (χ0n) is 16.4. The molecule has 8 nitrogen and oxygen atoms in total. The van der Waals surface area contributed by atoms with E-state index in [-0.39, 0.29) is 18.6 Å². The van der Waals surface area contributed by atoms with E-state index < -0.39 is 12.1 Å². The van der Waals surface area contributed by atoms with E-state index in [1.54, 1.807) is 6.07 Å². The largest absolute Gasteiger partial charge is 0.504 e. The van der Waals surface area contributed by atoms with Gasteiger partial charge in [0.2, 0.25) is 12.5 Å². The highest BCUT2D eigenvalue weighted by Gasteiger charge is 2.45. The molecule has 1 N–H and O–H groups in total. The quantitative estimate of drug-likeness (QED) is 0.789. The van der Waals surface area contributed by atoms with Crippen LogP contribution in [0.3, 0.4) is 0 Å². The Morgan fingerprint density at radius 3 is 2.79 bits per heavy atom. The summed E-state index contributed by atoms with van der Waals surface area (Å²) in [6.07, 6.45) is 0.138. The Balaban J connectivity index is 1.67. The van der Waals surface area contributed by atoms with E-state index in [4.69, 9.17) is 23.7 Å². The molecule has 2 aromatic rings. The van der Waals surface area contributed by atoms with Crippen LogP contribution in [-0.4, -0.2) is 50.6 Å². The molecule has 3 aliphatic heterocycles. The number of hydrogen-bond acceptors (Lipinski definition) is 8. The molecule has 3 aliphatic rings. The molecule has 0 amide bonds. The zero-order chi connectivity index (χ0) is 20.3. The Bertz CT molecular complexity index is 1020. The van der Waals surface area contributed by atoms with Crippen molar-refractivity contribution >= 4 is 5.97 Å². The molecule has 0 saturated carbocycles. The van der Waals surface area contributed by atoms with Crippen LogP contribution in [-0.2, 0) is 11.2 Å². The van der Waals surface area contributed by atoms with E-state index >= 15 is 0 Å². The van der Waals surface area contributed by atoms with Gasteiger partial charge < -0.3 is 28.8 Å². The average Bonchev–Trinajstić information content (AvgIpc) is 3.32. The van der Waals surface area contributed by atoms with Crippen molar-refractivity contribution < 1.29 is 33.6 Å². The van der Waals surface area contributed by atoms with E-state index in [2.05, 4.69) is 4.90 Å². The number of rotatable bonds is 3. The third kappa shape index (κ3) is 2.45. The summed E-state index contributed by atoms with van der Waals surface area (Å²) >= 11 is 0. The number of cyclic esters (lactones) is 1. The molecule has 0 spiro atoms. The van der Waals surface area contributed by atoms with E-state index in [0.717, 1.165) is 18.5 Å². The summed E-state index contributed by atoms with van der Waals surface area (Å²) in [5.41, 5.74) is 2.72. The van der Waals surface area contributed by atoms with Gasteiger partial charge in [0, 0.05) is 17.7 Å². The van der Waals surface area contributed by atoms with Gasteiger partial charge in [-0.3, -0.25) is 4.90 Å². The van der Waals surface area contributed by atoms with Gasteiger partial charge in [-0.15, -0.1) is 0 Å². The van der Waals surface area contributed by atoms with Crippen LogP contribution >= 0.6 is 0 Å². The number of likely N-dealkylation sites (N-methyl/N-ethyl adjacent to an activating group) is 1. The van der Waals surface area contributed by atoms with Crippen molar-refractivity contribution in [3.8, 4) is 28.7 Å². The summed E-state index contributed by atoms with van der Waals surface area (Å²) in [4.78, 5) is 14.9. The van der Waals surface area contributed by atoms with Crippen molar-refractivity contribution in [1.29, 1.82) is 0 Å². The molecular formula is C21H21NO7. The lowest BCUT2D eigenvalue weighted by Crippen LogP contribution is -2.36. The minimum absolute atomic E-state index is 0.0384. The fourth-order valence-corrected chi connectivity index (χ4v) is 4.53. The van der Waals surface area contributed by atoms with Crippen LogP contribution in [0.1, 0.15) is 39.2 Å². The van der Waals surface area contributed by atoms with E-state index in [0.29, 0.717) is 39.7 Å². The first-order chi connectivity index (χ1) is 14.0. The summed E-state index contributed by atoms with van der Waals surface area (Å²) in [5, 5.41) is 11.0. The van der Waals surface area contributed by atoms with Gasteiger partial charge in [-0.05, 0) is 31.2 Å². The SMILES string of the molecule is COc1ccc2c(c1OC)C(=O)OC2C1c2c(cc3c(c2O)OCO3)CCN1C. The Morgan fingerprint density at radius 2 is 2.03 bits per heavy atom. The number of phenols is 1. The molecule has 2 unspecified atom stereocenters. The van der Waals surface area contributed by atoms with Crippen LogP contribution in [0.15, 0.2) is 18.2 Å². The average molecular weight is 399 g/mol. The molecular weight excluding hydrogens is 378 g/mol. The maximum absolute atomic E-state index is 12.8. The lowest BCUT2D eigenvalue weighted by molar-refractivity contribution is 0.00872. The molecule has 0 saturated heterocycles. The monoisotopic (exact) mass is 399 g/mol.